The van der Waals surface area contributed by atoms with Crippen LogP contribution in [0, 0.1) is 5.41 Å². The van der Waals surface area contributed by atoms with Gasteiger partial charge in [0.1, 0.15) is 5.69 Å². The zero-order valence-corrected chi connectivity index (χ0v) is 14.9. The largest absolute Gasteiger partial charge is 0.378 e. The van der Waals surface area contributed by atoms with Crippen molar-refractivity contribution in [2.45, 2.75) is 44.8 Å². The number of hydrogen-bond donors (Lipinski definition) is 2. The van der Waals surface area contributed by atoms with Gasteiger partial charge < -0.3 is 10.1 Å². The Bertz CT molecular complexity index is 747. The Morgan fingerprint density at radius 3 is 2.96 bits per heavy atom. The van der Waals surface area contributed by atoms with E-state index < -0.39 is 0 Å². The number of ether oxygens (including phenoxy) is 1. The van der Waals surface area contributed by atoms with Crippen LogP contribution in [0.3, 0.4) is 0 Å². The molecule has 0 radical (unpaired) electrons. The summed E-state index contributed by atoms with van der Waals surface area (Å²) < 4.78 is 5.82. The van der Waals surface area contributed by atoms with E-state index in [-0.39, 0.29) is 23.6 Å². The lowest BCUT2D eigenvalue weighted by atomic mass is 9.51. The molecule has 0 aromatic carbocycles. The molecule has 2 amide bonds. The van der Waals surface area contributed by atoms with E-state index in [4.69, 9.17) is 4.74 Å². The van der Waals surface area contributed by atoms with E-state index in [0.717, 1.165) is 31.6 Å². The summed E-state index contributed by atoms with van der Waals surface area (Å²) in [5.41, 5.74) is 0.897. The maximum atomic E-state index is 12.3. The highest BCUT2D eigenvalue weighted by atomic mass is 32.1. The summed E-state index contributed by atoms with van der Waals surface area (Å²) in [5, 5.41) is 15.2. The second-order valence-corrected chi connectivity index (χ2v) is 7.52. The van der Waals surface area contributed by atoms with E-state index in [2.05, 4.69) is 25.8 Å². The van der Waals surface area contributed by atoms with E-state index in [9.17, 15) is 4.79 Å². The first kappa shape index (κ1) is 16.4. The van der Waals surface area contributed by atoms with Gasteiger partial charge in [0.2, 0.25) is 5.13 Å². The van der Waals surface area contributed by atoms with Crippen molar-refractivity contribution in [2.24, 2.45) is 5.41 Å². The van der Waals surface area contributed by atoms with Gasteiger partial charge in [0.15, 0.2) is 5.01 Å². The van der Waals surface area contributed by atoms with Crippen LogP contribution >= 0.6 is 11.3 Å². The van der Waals surface area contributed by atoms with Crippen molar-refractivity contribution < 1.29 is 9.53 Å². The number of hydrogen-bond acceptors (Lipinski definition) is 6. The Kier molecular flexibility index (Phi) is 4.39. The van der Waals surface area contributed by atoms with Gasteiger partial charge in [-0.1, -0.05) is 23.8 Å². The highest BCUT2D eigenvalue weighted by Crippen LogP contribution is 2.57. The van der Waals surface area contributed by atoms with Crippen LogP contribution in [0.1, 0.15) is 32.6 Å². The highest BCUT2D eigenvalue weighted by molar-refractivity contribution is 7.18. The van der Waals surface area contributed by atoms with Crippen LogP contribution in [-0.2, 0) is 4.74 Å². The molecule has 8 heteroatoms. The number of carbonyl (C=O) groups excluding carboxylic acids is 1. The van der Waals surface area contributed by atoms with Gasteiger partial charge in [0.25, 0.3) is 0 Å². The van der Waals surface area contributed by atoms with Gasteiger partial charge in [0, 0.05) is 24.3 Å². The van der Waals surface area contributed by atoms with Gasteiger partial charge in [-0.25, -0.2) is 4.79 Å². The molecule has 2 aromatic heterocycles. The number of carbonyl (C=O) groups is 1. The molecule has 0 unspecified atom stereocenters. The summed E-state index contributed by atoms with van der Waals surface area (Å²) in [6.07, 6.45) is 6.36. The number of aromatic nitrogens is 3. The van der Waals surface area contributed by atoms with E-state index in [0.29, 0.717) is 10.1 Å². The van der Waals surface area contributed by atoms with Crippen molar-refractivity contribution in [3.8, 4) is 10.7 Å². The van der Waals surface area contributed by atoms with Gasteiger partial charge >= 0.3 is 6.03 Å². The maximum Gasteiger partial charge on any atom is 0.321 e. The number of urea groups is 1. The first-order valence-corrected chi connectivity index (χ1v) is 9.47. The van der Waals surface area contributed by atoms with Crippen LogP contribution in [0.5, 0.6) is 0 Å². The number of amides is 2. The fourth-order valence-electron chi connectivity index (χ4n) is 3.80. The third-order valence-electron chi connectivity index (χ3n) is 5.27. The molecule has 2 atom stereocenters. The van der Waals surface area contributed by atoms with Crippen molar-refractivity contribution in [2.75, 3.05) is 11.9 Å². The lowest BCUT2D eigenvalue weighted by Gasteiger charge is -2.60. The summed E-state index contributed by atoms with van der Waals surface area (Å²) in [6.45, 7) is 2.75. The van der Waals surface area contributed by atoms with Gasteiger partial charge in [-0.2, -0.15) is 0 Å². The van der Waals surface area contributed by atoms with Crippen molar-refractivity contribution in [1.82, 2.24) is 20.5 Å². The van der Waals surface area contributed by atoms with Crippen LogP contribution in [0.4, 0.5) is 9.93 Å². The third kappa shape index (κ3) is 3.00. The van der Waals surface area contributed by atoms with E-state index >= 15 is 0 Å². The molecule has 2 N–H and O–H groups in total. The fraction of sp³-hybridized carbons (Fsp3) is 0.529. The number of nitrogens with zero attached hydrogens (tertiary/aromatic N) is 3. The number of pyridine rings is 1. The van der Waals surface area contributed by atoms with Crippen LogP contribution < -0.4 is 10.6 Å². The molecule has 2 aliphatic carbocycles. The zero-order chi connectivity index (χ0) is 17.3. The van der Waals surface area contributed by atoms with Gasteiger partial charge in [-0.3, -0.25) is 10.3 Å². The topological polar surface area (TPSA) is 89.0 Å². The Morgan fingerprint density at radius 1 is 1.40 bits per heavy atom. The zero-order valence-electron chi connectivity index (χ0n) is 14.1. The summed E-state index contributed by atoms with van der Waals surface area (Å²) in [5.74, 6) is 0. The average molecular weight is 359 g/mol. The minimum absolute atomic E-state index is 0.146. The Morgan fingerprint density at radius 2 is 2.28 bits per heavy atom. The van der Waals surface area contributed by atoms with Crippen LogP contribution in [0.25, 0.3) is 10.7 Å². The van der Waals surface area contributed by atoms with E-state index in [1.54, 1.807) is 6.20 Å². The van der Waals surface area contributed by atoms with Crippen molar-refractivity contribution in [1.29, 1.82) is 0 Å². The molecule has 2 saturated carbocycles. The lowest BCUT2D eigenvalue weighted by molar-refractivity contribution is -0.169. The van der Waals surface area contributed by atoms with Crippen molar-refractivity contribution in [3.63, 3.8) is 0 Å². The molecule has 4 rings (SSSR count). The molecule has 25 heavy (non-hydrogen) atoms. The molecule has 2 aromatic rings. The van der Waals surface area contributed by atoms with Crippen LogP contribution in [0.15, 0.2) is 24.4 Å². The number of rotatable bonds is 5. The summed E-state index contributed by atoms with van der Waals surface area (Å²) in [6, 6.07) is 5.57. The fourth-order valence-corrected chi connectivity index (χ4v) is 4.51. The first-order chi connectivity index (χ1) is 12.2. The second kappa shape index (κ2) is 6.68. The Labute approximate surface area is 150 Å². The minimum atomic E-state index is -0.227. The van der Waals surface area contributed by atoms with Gasteiger partial charge in [-0.15, -0.1) is 10.2 Å². The monoisotopic (exact) mass is 359 g/mol. The number of nitrogens with one attached hydrogen (secondary N) is 2. The summed E-state index contributed by atoms with van der Waals surface area (Å²) in [4.78, 5) is 16.6. The molecule has 1 spiro atoms. The quantitative estimate of drug-likeness (QED) is 0.856. The molecular formula is C17H21N5O2S. The molecule has 2 heterocycles. The molecule has 0 saturated heterocycles. The van der Waals surface area contributed by atoms with Crippen molar-refractivity contribution in [3.05, 3.63) is 24.4 Å². The van der Waals surface area contributed by atoms with Crippen LogP contribution in [0.2, 0.25) is 0 Å². The summed E-state index contributed by atoms with van der Waals surface area (Å²) >= 11 is 1.31. The van der Waals surface area contributed by atoms with Gasteiger partial charge in [0.05, 0.1) is 6.10 Å². The Balaban J connectivity index is 1.35. The smallest absolute Gasteiger partial charge is 0.321 e. The SMILES string of the molecule is CCO[C@H]1C[C@H](NC(=O)Nc2nnc(-c3ccccn3)s2)C12CCC2. The normalized spacial score (nSPS) is 23.6. The molecule has 2 fully saturated rings. The molecule has 2 aliphatic rings. The molecule has 0 bridgehead atoms. The lowest BCUT2D eigenvalue weighted by Crippen LogP contribution is -2.68. The van der Waals surface area contributed by atoms with Crippen LogP contribution in [-0.4, -0.2) is 40.0 Å². The van der Waals surface area contributed by atoms with E-state index in [1.807, 2.05) is 25.1 Å². The highest BCUT2D eigenvalue weighted by Gasteiger charge is 2.59. The average Bonchev–Trinajstić information content (AvgIpc) is 3.01. The molecule has 7 nitrogen and oxygen atoms in total. The third-order valence-corrected chi connectivity index (χ3v) is 6.13. The Hall–Kier alpha value is -2.06. The molecule has 0 aliphatic heterocycles. The first-order valence-electron chi connectivity index (χ1n) is 8.65. The molecule has 132 valence electrons. The molecular weight excluding hydrogens is 338 g/mol. The van der Waals surface area contributed by atoms with E-state index in [1.165, 1.54) is 17.8 Å². The second-order valence-electron chi connectivity index (χ2n) is 6.54. The predicted molar refractivity (Wildman–Crippen MR) is 95.4 cm³/mol. The summed E-state index contributed by atoms with van der Waals surface area (Å²) in [7, 11) is 0. The van der Waals surface area contributed by atoms with Crippen molar-refractivity contribution >= 4 is 22.5 Å². The number of anilines is 1. The maximum absolute atomic E-state index is 12.3. The van der Waals surface area contributed by atoms with Gasteiger partial charge in [-0.05, 0) is 38.3 Å². The standard InChI is InChI=1S/C17H21N5O2S/c1-2-24-13-10-12(17(13)7-5-8-17)19-15(23)20-16-22-21-14(25-16)11-6-3-4-9-18-11/h3-4,6,9,12-13H,2,5,7-8,10H2,1H3,(H2,19,20,22,23)/t12-,13-/m0/s1. The predicted octanol–water partition coefficient (Wildman–Crippen LogP) is 3.07. The minimum Gasteiger partial charge on any atom is -0.378 e.